The highest BCUT2D eigenvalue weighted by atomic mass is 16.6. The molecule has 0 spiro atoms. The van der Waals surface area contributed by atoms with Crippen molar-refractivity contribution >= 4 is 22.7 Å². The summed E-state index contributed by atoms with van der Waals surface area (Å²) in [5.41, 5.74) is 6.95. The number of rotatable bonds is 3. The second-order valence-electron chi connectivity index (χ2n) is 4.74. The SMILES string of the molecule is CC(C)c1nn(-c2ncnc3nc[nH]c23)c(N)c1[N+](=O)[O-]. The third-order valence-electron chi connectivity index (χ3n) is 3.05. The van der Waals surface area contributed by atoms with Crippen LogP contribution in [0.3, 0.4) is 0 Å². The number of nitro groups is 1. The van der Waals surface area contributed by atoms with Crippen LogP contribution >= 0.6 is 0 Å². The molecule has 0 saturated carbocycles. The molecule has 3 aromatic heterocycles. The van der Waals surface area contributed by atoms with Crippen LogP contribution in [-0.2, 0) is 0 Å². The number of nitrogen functional groups attached to an aromatic ring is 1. The van der Waals surface area contributed by atoms with Crippen LogP contribution < -0.4 is 5.73 Å². The summed E-state index contributed by atoms with van der Waals surface area (Å²) in [6.45, 7) is 3.62. The van der Waals surface area contributed by atoms with Gasteiger partial charge in [-0.25, -0.2) is 15.0 Å². The van der Waals surface area contributed by atoms with E-state index in [-0.39, 0.29) is 17.4 Å². The Labute approximate surface area is 118 Å². The minimum absolute atomic E-state index is 0.0710. The van der Waals surface area contributed by atoms with Crippen molar-refractivity contribution in [2.24, 2.45) is 0 Å². The molecule has 108 valence electrons. The Hall–Kier alpha value is -3.04. The molecule has 3 N–H and O–H groups in total. The van der Waals surface area contributed by atoms with Crippen molar-refractivity contribution in [1.82, 2.24) is 29.7 Å². The molecule has 0 aliphatic rings. The van der Waals surface area contributed by atoms with Crippen LogP contribution in [0.4, 0.5) is 11.5 Å². The van der Waals surface area contributed by atoms with Crippen LogP contribution in [0.25, 0.3) is 17.0 Å². The predicted molar refractivity (Wildman–Crippen MR) is 74.0 cm³/mol. The van der Waals surface area contributed by atoms with Gasteiger partial charge in [0.2, 0.25) is 5.82 Å². The first-order valence-corrected chi connectivity index (χ1v) is 6.18. The fourth-order valence-electron chi connectivity index (χ4n) is 2.09. The minimum Gasteiger partial charge on any atom is -0.378 e. The molecule has 0 unspecified atom stereocenters. The maximum Gasteiger partial charge on any atom is 0.334 e. The van der Waals surface area contributed by atoms with Gasteiger partial charge in [-0.05, 0) is 0 Å². The van der Waals surface area contributed by atoms with Gasteiger partial charge in [-0.2, -0.15) is 9.78 Å². The number of fused-ring (bicyclic) bond motifs is 1. The molecule has 0 fully saturated rings. The van der Waals surface area contributed by atoms with Gasteiger partial charge in [0.25, 0.3) is 0 Å². The summed E-state index contributed by atoms with van der Waals surface area (Å²) in [5, 5.41) is 15.5. The van der Waals surface area contributed by atoms with Crippen molar-refractivity contribution in [1.29, 1.82) is 0 Å². The molecule has 21 heavy (non-hydrogen) atoms. The van der Waals surface area contributed by atoms with Crippen molar-refractivity contribution in [3.8, 4) is 5.82 Å². The Morgan fingerprint density at radius 1 is 1.38 bits per heavy atom. The second kappa shape index (κ2) is 4.51. The van der Waals surface area contributed by atoms with Crippen molar-refractivity contribution in [2.45, 2.75) is 19.8 Å². The summed E-state index contributed by atoms with van der Waals surface area (Å²) >= 11 is 0. The van der Waals surface area contributed by atoms with Gasteiger partial charge in [-0.1, -0.05) is 13.8 Å². The van der Waals surface area contributed by atoms with E-state index >= 15 is 0 Å². The molecule has 10 heteroatoms. The molecule has 0 amide bonds. The van der Waals surface area contributed by atoms with Crippen LogP contribution in [0, 0.1) is 10.1 Å². The summed E-state index contributed by atoms with van der Waals surface area (Å²) in [7, 11) is 0. The van der Waals surface area contributed by atoms with E-state index in [4.69, 9.17) is 5.73 Å². The van der Waals surface area contributed by atoms with Crippen molar-refractivity contribution in [2.75, 3.05) is 5.73 Å². The Morgan fingerprint density at radius 2 is 2.14 bits per heavy atom. The highest BCUT2D eigenvalue weighted by Gasteiger charge is 2.29. The fraction of sp³-hybridized carbons (Fsp3) is 0.273. The van der Waals surface area contributed by atoms with Crippen LogP contribution in [0.1, 0.15) is 25.5 Å². The highest BCUT2D eigenvalue weighted by molar-refractivity contribution is 5.79. The summed E-state index contributed by atoms with van der Waals surface area (Å²) in [4.78, 5) is 25.7. The van der Waals surface area contributed by atoms with E-state index in [1.54, 1.807) is 0 Å². The lowest BCUT2D eigenvalue weighted by atomic mass is 10.1. The molecule has 0 bridgehead atoms. The van der Waals surface area contributed by atoms with Gasteiger partial charge in [0.15, 0.2) is 11.5 Å². The number of nitrogens with two attached hydrogens (primary N) is 1. The van der Waals surface area contributed by atoms with Crippen LogP contribution in [0.2, 0.25) is 0 Å². The van der Waals surface area contributed by atoms with Crippen LogP contribution in [0.5, 0.6) is 0 Å². The van der Waals surface area contributed by atoms with E-state index in [0.717, 1.165) is 0 Å². The summed E-state index contributed by atoms with van der Waals surface area (Å²) in [6, 6.07) is 0. The summed E-state index contributed by atoms with van der Waals surface area (Å²) < 4.78 is 1.25. The first kappa shape index (κ1) is 13.0. The zero-order chi connectivity index (χ0) is 15.1. The van der Waals surface area contributed by atoms with Gasteiger partial charge < -0.3 is 10.7 Å². The summed E-state index contributed by atoms with van der Waals surface area (Å²) in [6.07, 6.45) is 2.76. The van der Waals surface area contributed by atoms with E-state index in [1.807, 2.05) is 13.8 Å². The smallest absolute Gasteiger partial charge is 0.334 e. The number of anilines is 1. The van der Waals surface area contributed by atoms with Crippen LogP contribution in [0.15, 0.2) is 12.7 Å². The van der Waals surface area contributed by atoms with Gasteiger partial charge in [0.1, 0.15) is 17.5 Å². The maximum atomic E-state index is 11.2. The van der Waals surface area contributed by atoms with Gasteiger partial charge >= 0.3 is 5.69 Å². The molecule has 10 nitrogen and oxygen atoms in total. The van der Waals surface area contributed by atoms with E-state index in [0.29, 0.717) is 22.7 Å². The molecule has 0 radical (unpaired) electrons. The number of hydrogen-bond donors (Lipinski definition) is 2. The molecule has 3 aromatic rings. The predicted octanol–water partition coefficient (Wildman–Crippen LogP) is 1.15. The number of H-pyrrole nitrogens is 1. The average molecular weight is 288 g/mol. The summed E-state index contributed by atoms with van der Waals surface area (Å²) in [5.74, 6) is 0.108. The Bertz CT molecular complexity index is 834. The number of nitrogens with one attached hydrogen (secondary N) is 1. The Balaban J connectivity index is 2.31. The van der Waals surface area contributed by atoms with Crippen molar-refractivity contribution in [3.63, 3.8) is 0 Å². The zero-order valence-electron chi connectivity index (χ0n) is 11.3. The second-order valence-corrected chi connectivity index (χ2v) is 4.74. The molecular formula is C11H12N8O2. The standard InChI is InChI=1S/C11H12N8O2/c1-5(2)6-8(19(20)21)9(12)18(17-6)11-7-10(14-3-13-7)15-4-16-11/h3-5H,12H2,1-2H3,(H,13,14,15,16). The zero-order valence-corrected chi connectivity index (χ0v) is 11.3. The monoisotopic (exact) mass is 288 g/mol. The third-order valence-corrected chi connectivity index (χ3v) is 3.05. The maximum absolute atomic E-state index is 11.2. The molecule has 3 rings (SSSR count). The van der Waals surface area contributed by atoms with Gasteiger partial charge in [0, 0.05) is 5.92 Å². The van der Waals surface area contributed by atoms with Gasteiger partial charge in [-0.15, -0.1) is 0 Å². The Morgan fingerprint density at radius 3 is 2.76 bits per heavy atom. The lowest BCUT2D eigenvalue weighted by Gasteiger charge is -2.02. The van der Waals surface area contributed by atoms with E-state index in [1.165, 1.54) is 17.3 Å². The largest absolute Gasteiger partial charge is 0.378 e. The highest BCUT2D eigenvalue weighted by Crippen LogP contribution is 2.33. The number of imidazole rings is 1. The van der Waals surface area contributed by atoms with Crippen LogP contribution in [-0.4, -0.2) is 34.6 Å². The molecule has 0 aromatic carbocycles. The van der Waals surface area contributed by atoms with Gasteiger partial charge in [0.05, 0.1) is 11.3 Å². The lowest BCUT2D eigenvalue weighted by Crippen LogP contribution is -2.06. The van der Waals surface area contributed by atoms with Crippen molar-refractivity contribution in [3.05, 3.63) is 28.5 Å². The minimum atomic E-state index is -0.528. The number of aromatic nitrogens is 6. The molecule has 0 aliphatic carbocycles. The average Bonchev–Trinajstić information content (AvgIpc) is 3.02. The first-order chi connectivity index (χ1) is 10.0. The number of nitrogens with zero attached hydrogens (tertiary/aromatic N) is 6. The quantitative estimate of drug-likeness (QED) is 0.543. The Kier molecular flexibility index (Phi) is 2.78. The molecule has 0 saturated heterocycles. The third kappa shape index (κ3) is 1.88. The van der Waals surface area contributed by atoms with E-state index in [9.17, 15) is 10.1 Å². The topological polar surface area (TPSA) is 141 Å². The van der Waals surface area contributed by atoms with E-state index in [2.05, 4.69) is 25.0 Å². The molecule has 3 heterocycles. The molecular weight excluding hydrogens is 276 g/mol. The first-order valence-electron chi connectivity index (χ1n) is 6.18. The normalized spacial score (nSPS) is 11.4. The molecule has 0 atom stereocenters. The fourth-order valence-corrected chi connectivity index (χ4v) is 2.09. The lowest BCUT2D eigenvalue weighted by molar-refractivity contribution is -0.384. The van der Waals surface area contributed by atoms with Gasteiger partial charge in [-0.3, -0.25) is 10.1 Å². The van der Waals surface area contributed by atoms with E-state index < -0.39 is 4.92 Å². The number of hydrogen-bond acceptors (Lipinski definition) is 7. The number of aromatic amines is 1. The molecule has 0 aliphatic heterocycles. The van der Waals surface area contributed by atoms with Crippen molar-refractivity contribution < 1.29 is 4.92 Å².